The van der Waals surface area contributed by atoms with E-state index in [2.05, 4.69) is 10.3 Å². The zero-order valence-corrected chi connectivity index (χ0v) is 20.6. The Morgan fingerprint density at radius 1 is 1.11 bits per heavy atom. The van der Waals surface area contributed by atoms with E-state index >= 15 is 0 Å². The average Bonchev–Trinajstić information content (AvgIpc) is 2.86. The summed E-state index contributed by atoms with van der Waals surface area (Å²) < 4.78 is 10.6. The molecule has 194 valence electrons. The van der Waals surface area contributed by atoms with Gasteiger partial charge in [0.15, 0.2) is 0 Å². The summed E-state index contributed by atoms with van der Waals surface area (Å²) in [6, 6.07) is 11.7. The first-order valence-electron chi connectivity index (χ1n) is 11.6. The fraction of sp³-hybridized carbons (Fsp3) is 0.308. The molecule has 0 bridgehead atoms. The Kier molecular flexibility index (Phi) is 8.72. The normalized spacial score (nSPS) is 17.0. The summed E-state index contributed by atoms with van der Waals surface area (Å²) in [5.41, 5.74) is 1.06. The van der Waals surface area contributed by atoms with Gasteiger partial charge in [0.1, 0.15) is 18.3 Å². The molecule has 2 aromatic rings. The van der Waals surface area contributed by atoms with Gasteiger partial charge < -0.3 is 19.9 Å². The maximum atomic E-state index is 13.2. The SMILES string of the molecule is CCOC(=O)C1=C(C)N=C(C)C(C(=O)OCCNC(=O)c2ccccc2O)C1c1cccc([N+](=O)[O-])c1. The molecule has 1 amide bonds. The quantitative estimate of drug-likeness (QED) is 0.226. The van der Waals surface area contributed by atoms with Crippen molar-refractivity contribution in [2.24, 2.45) is 10.9 Å². The number of para-hydroxylation sites is 1. The molecule has 0 saturated heterocycles. The van der Waals surface area contributed by atoms with E-state index in [9.17, 15) is 29.6 Å². The molecule has 0 aromatic heterocycles. The van der Waals surface area contributed by atoms with Crippen LogP contribution in [0, 0.1) is 16.0 Å². The van der Waals surface area contributed by atoms with E-state index in [1.54, 1.807) is 39.0 Å². The molecule has 11 nitrogen and oxygen atoms in total. The standard InChI is InChI=1S/C26H27N3O8/c1-4-36-25(32)21-15(2)28-16(3)22(23(21)17-8-7-9-18(14-17)29(34)35)26(33)37-13-12-27-24(31)19-10-5-6-11-20(19)30/h5-11,14,22-23,30H,4,12-13H2,1-3H3,(H,27,31). The zero-order chi connectivity index (χ0) is 27.1. The van der Waals surface area contributed by atoms with Gasteiger partial charge in [-0.25, -0.2) is 4.79 Å². The summed E-state index contributed by atoms with van der Waals surface area (Å²) >= 11 is 0. The molecule has 0 radical (unpaired) electrons. The summed E-state index contributed by atoms with van der Waals surface area (Å²) in [7, 11) is 0. The van der Waals surface area contributed by atoms with Crippen molar-refractivity contribution in [3.8, 4) is 5.75 Å². The number of benzene rings is 2. The van der Waals surface area contributed by atoms with Crippen molar-refractivity contribution in [3.63, 3.8) is 0 Å². The van der Waals surface area contributed by atoms with Gasteiger partial charge in [0, 0.05) is 29.5 Å². The van der Waals surface area contributed by atoms with Gasteiger partial charge in [0.2, 0.25) is 0 Å². The number of carbonyl (C=O) groups is 3. The highest BCUT2D eigenvalue weighted by Gasteiger charge is 2.42. The predicted octanol–water partition coefficient (Wildman–Crippen LogP) is 3.29. The molecule has 2 atom stereocenters. The van der Waals surface area contributed by atoms with Crippen LogP contribution in [0.3, 0.4) is 0 Å². The van der Waals surface area contributed by atoms with Crippen LogP contribution in [0.2, 0.25) is 0 Å². The molecule has 0 spiro atoms. The second-order valence-corrected chi connectivity index (χ2v) is 8.22. The molecule has 1 heterocycles. The van der Waals surface area contributed by atoms with E-state index in [-0.39, 0.29) is 42.3 Å². The first kappa shape index (κ1) is 27.1. The fourth-order valence-electron chi connectivity index (χ4n) is 4.18. The van der Waals surface area contributed by atoms with Crippen molar-refractivity contribution in [3.05, 3.63) is 81.0 Å². The van der Waals surface area contributed by atoms with Crippen LogP contribution < -0.4 is 5.32 Å². The van der Waals surface area contributed by atoms with E-state index in [1.807, 2.05) is 0 Å². The lowest BCUT2D eigenvalue weighted by molar-refractivity contribution is -0.384. The van der Waals surface area contributed by atoms with Crippen molar-refractivity contribution in [2.45, 2.75) is 26.7 Å². The number of nitrogens with zero attached hydrogens (tertiary/aromatic N) is 2. The number of non-ortho nitro benzene ring substituents is 1. The monoisotopic (exact) mass is 509 g/mol. The van der Waals surface area contributed by atoms with Gasteiger partial charge in [-0.1, -0.05) is 24.3 Å². The van der Waals surface area contributed by atoms with Crippen LogP contribution in [-0.4, -0.2) is 53.3 Å². The van der Waals surface area contributed by atoms with Crippen molar-refractivity contribution in [2.75, 3.05) is 19.8 Å². The van der Waals surface area contributed by atoms with Crippen LogP contribution in [0.1, 0.15) is 42.6 Å². The third-order valence-corrected chi connectivity index (χ3v) is 5.80. The number of phenols is 1. The number of carbonyl (C=O) groups excluding carboxylic acids is 3. The number of rotatable bonds is 9. The number of aromatic hydroxyl groups is 1. The summed E-state index contributed by atoms with van der Waals surface area (Å²) in [5, 5.41) is 23.7. The highest BCUT2D eigenvalue weighted by atomic mass is 16.6. The summed E-state index contributed by atoms with van der Waals surface area (Å²) in [5.74, 6) is -4.11. The van der Waals surface area contributed by atoms with Gasteiger partial charge in [0.25, 0.3) is 11.6 Å². The highest BCUT2D eigenvalue weighted by Crippen LogP contribution is 2.41. The van der Waals surface area contributed by atoms with E-state index in [0.29, 0.717) is 17.0 Å². The Labute approximate surface area is 213 Å². The predicted molar refractivity (Wildman–Crippen MR) is 133 cm³/mol. The number of esters is 2. The van der Waals surface area contributed by atoms with Crippen LogP contribution in [0.4, 0.5) is 5.69 Å². The number of hydrogen-bond donors (Lipinski definition) is 2. The van der Waals surface area contributed by atoms with Crippen LogP contribution >= 0.6 is 0 Å². The molecule has 37 heavy (non-hydrogen) atoms. The van der Waals surface area contributed by atoms with Gasteiger partial charge in [-0.15, -0.1) is 0 Å². The number of nitro benzene ring substituents is 1. The van der Waals surface area contributed by atoms with Crippen molar-refractivity contribution >= 4 is 29.2 Å². The molecule has 3 rings (SSSR count). The molecule has 2 aromatic carbocycles. The average molecular weight is 510 g/mol. The number of aliphatic imine (C=N–C) groups is 1. The fourth-order valence-corrected chi connectivity index (χ4v) is 4.18. The lowest BCUT2D eigenvalue weighted by Gasteiger charge is -2.31. The molecule has 2 N–H and O–H groups in total. The summed E-state index contributed by atoms with van der Waals surface area (Å²) in [6.45, 7) is 4.72. The second-order valence-electron chi connectivity index (χ2n) is 8.22. The van der Waals surface area contributed by atoms with Crippen molar-refractivity contribution in [1.82, 2.24) is 5.32 Å². The largest absolute Gasteiger partial charge is 0.507 e. The van der Waals surface area contributed by atoms with Gasteiger partial charge in [-0.05, 0) is 38.5 Å². The lowest BCUT2D eigenvalue weighted by atomic mass is 9.75. The van der Waals surface area contributed by atoms with E-state index < -0.39 is 34.6 Å². The number of allylic oxidation sites excluding steroid dienone is 1. The van der Waals surface area contributed by atoms with Crippen LogP contribution in [0.15, 0.2) is 64.8 Å². The molecular formula is C26H27N3O8. The molecular weight excluding hydrogens is 482 g/mol. The minimum Gasteiger partial charge on any atom is -0.507 e. The lowest BCUT2D eigenvalue weighted by Crippen LogP contribution is -2.37. The molecule has 1 aliphatic rings. The number of amides is 1. The number of phenolic OH excluding ortho intramolecular Hbond substituents is 1. The first-order valence-corrected chi connectivity index (χ1v) is 11.6. The number of nitro groups is 1. The van der Waals surface area contributed by atoms with E-state index in [0.717, 1.165) is 0 Å². The Morgan fingerprint density at radius 3 is 2.51 bits per heavy atom. The molecule has 0 saturated carbocycles. The van der Waals surface area contributed by atoms with Crippen LogP contribution in [-0.2, 0) is 19.1 Å². The Morgan fingerprint density at radius 2 is 1.84 bits per heavy atom. The number of ether oxygens (including phenoxy) is 2. The van der Waals surface area contributed by atoms with Gasteiger partial charge >= 0.3 is 11.9 Å². The molecule has 0 aliphatic carbocycles. The topological polar surface area (TPSA) is 157 Å². The summed E-state index contributed by atoms with van der Waals surface area (Å²) in [4.78, 5) is 53.6. The molecule has 0 fully saturated rings. The number of hydrogen-bond acceptors (Lipinski definition) is 9. The Hall–Kier alpha value is -4.54. The smallest absolute Gasteiger partial charge is 0.336 e. The van der Waals surface area contributed by atoms with Crippen molar-refractivity contribution < 1.29 is 33.9 Å². The molecule has 11 heteroatoms. The van der Waals surface area contributed by atoms with Crippen molar-refractivity contribution in [1.29, 1.82) is 0 Å². The Bertz CT molecular complexity index is 1280. The van der Waals surface area contributed by atoms with Gasteiger partial charge in [-0.3, -0.25) is 24.7 Å². The molecule has 1 aliphatic heterocycles. The third-order valence-electron chi connectivity index (χ3n) is 5.80. The molecule has 2 unspecified atom stereocenters. The minimum atomic E-state index is -1.06. The van der Waals surface area contributed by atoms with E-state index in [1.165, 1.54) is 30.3 Å². The third kappa shape index (κ3) is 6.18. The first-order chi connectivity index (χ1) is 17.6. The summed E-state index contributed by atoms with van der Waals surface area (Å²) in [6.07, 6.45) is 0. The second kappa shape index (κ2) is 11.9. The minimum absolute atomic E-state index is 0.0388. The Balaban J connectivity index is 1.83. The van der Waals surface area contributed by atoms with Gasteiger partial charge in [-0.2, -0.15) is 0 Å². The maximum Gasteiger partial charge on any atom is 0.336 e. The number of nitrogens with one attached hydrogen (secondary N) is 1. The highest BCUT2D eigenvalue weighted by molar-refractivity contribution is 6.07. The van der Waals surface area contributed by atoms with E-state index in [4.69, 9.17) is 9.47 Å². The van der Waals surface area contributed by atoms with Gasteiger partial charge in [0.05, 0.1) is 29.2 Å². The zero-order valence-electron chi connectivity index (χ0n) is 20.6. The van der Waals surface area contributed by atoms with Crippen LogP contribution in [0.25, 0.3) is 0 Å². The van der Waals surface area contributed by atoms with Crippen LogP contribution in [0.5, 0.6) is 5.75 Å². The maximum absolute atomic E-state index is 13.2.